The van der Waals surface area contributed by atoms with E-state index in [9.17, 15) is 18.0 Å². The number of hydrogen-bond acceptors (Lipinski definition) is 4. The Labute approximate surface area is 188 Å². The molecule has 0 unspecified atom stereocenters. The number of benzene rings is 2. The maximum absolute atomic E-state index is 13.9. The normalized spacial score (nSPS) is 12.1. The van der Waals surface area contributed by atoms with Gasteiger partial charge >= 0.3 is 6.18 Å². The van der Waals surface area contributed by atoms with Gasteiger partial charge in [-0.05, 0) is 37.1 Å². The van der Waals surface area contributed by atoms with Crippen LogP contribution in [0.2, 0.25) is 0 Å². The molecule has 0 bridgehead atoms. The number of ether oxygens (including phenoxy) is 1. The number of alkyl halides is 3. The molecule has 0 aliphatic carbocycles. The minimum absolute atomic E-state index is 0.0210. The average molecular weight is 456 g/mol. The number of carbonyl (C=O) groups is 1. The van der Waals surface area contributed by atoms with E-state index in [-0.39, 0.29) is 23.0 Å². The first kappa shape index (κ1) is 22.7. The van der Waals surface area contributed by atoms with Crippen LogP contribution in [0.4, 0.5) is 13.2 Å². The van der Waals surface area contributed by atoms with Gasteiger partial charge in [-0.25, -0.2) is 9.50 Å². The van der Waals surface area contributed by atoms with E-state index >= 15 is 0 Å². The summed E-state index contributed by atoms with van der Waals surface area (Å²) in [6.45, 7) is 4.61. The second-order valence-electron chi connectivity index (χ2n) is 7.87. The maximum Gasteiger partial charge on any atom is 0.433 e. The van der Waals surface area contributed by atoms with E-state index in [0.29, 0.717) is 29.7 Å². The molecular formula is C24H23F3N4O2. The van der Waals surface area contributed by atoms with E-state index in [2.05, 4.69) is 15.4 Å². The van der Waals surface area contributed by atoms with Crippen LogP contribution in [0.5, 0.6) is 0 Å². The van der Waals surface area contributed by atoms with Crippen molar-refractivity contribution >= 4 is 22.3 Å². The Bertz CT molecular complexity index is 1290. The first-order valence-electron chi connectivity index (χ1n) is 10.6. The van der Waals surface area contributed by atoms with Crippen LogP contribution in [0.3, 0.4) is 0 Å². The zero-order valence-electron chi connectivity index (χ0n) is 18.2. The monoisotopic (exact) mass is 456 g/mol. The van der Waals surface area contributed by atoms with Gasteiger partial charge in [0.05, 0.1) is 18.0 Å². The molecule has 1 N–H and O–H groups in total. The topological polar surface area (TPSA) is 68.5 Å². The Hall–Kier alpha value is -3.46. The Morgan fingerprint density at radius 1 is 1.15 bits per heavy atom. The van der Waals surface area contributed by atoms with Gasteiger partial charge in [0, 0.05) is 18.7 Å². The number of aromatic nitrogens is 3. The van der Waals surface area contributed by atoms with Crippen LogP contribution in [-0.4, -0.2) is 39.8 Å². The fraction of sp³-hybridized carbons (Fsp3) is 0.292. The van der Waals surface area contributed by atoms with Gasteiger partial charge in [-0.2, -0.15) is 18.3 Å². The zero-order valence-corrected chi connectivity index (χ0v) is 18.2. The van der Waals surface area contributed by atoms with Crippen LogP contribution >= 0.6 is 0 Å². The minimum atomic E-state index is -4.69. The highest BCUT2D eigenvalue weighted by atomic mass is 19.4. The molecule has 1 amide bonds. The summed E-state index contributed by atoms with van der Waals surface area (Å²) in [6, 6.07) is 13.7. The first-order chi connectivity index (χ1) is 15.8. The maximum atomic E-state index is 13.9. The van der Waals surface area contributed by atoms with Gasteiger partial charge in [0.25, 0.3) is 5.91 Å². The third-order valence-corrected chi connectivity index (χ3v) is 5.13. The predicted octanol–water partition coefficient (Wildman–Crippen LogP) is 5.11. The molecule has 6 nitrogen and oxygen atoms in total. The van der Waals surface area contributed by atoms with Gasteiger partial charge in [-0.15, -0.1) is 0 Å². The summed E-state index contributed by atoms with van der Waals surface area (Å²) in [5.74, 6) is -0.537. The molecule has 0 aliphatic heterocycles. The Morgan fingerprint density at radius 2 is 1.91 bits per heavy atom. The molecule has 4 rings (SSSR count). The van der Waals surface area contributed by atoms with Crippen LogP contribution in [0.1, 0.15) is 36.3 Å². The van der Waals surface area contributed by atoms with Gasteiger partial charge in [0.15, 0.2) is 11.3 Å². The number of amides is 1. The summed E-state index contributed by atoms with van der Waals surface area (Å²) in [7, 11) is 0. The van der Waals surface area contributed by atoms with Crippen molar-refractivity contribution in [2.45, 2.75) is 32.5 Å². The number of carbonyl (C=O) groups excluding carboxylic acids is 1. The summed E-state index contributed by atoms with van der Waals surface area (Å²) in [5, 5.41) is 8.16. The summed E-state index contributed by atoms with van der Waals surface area (Å²) >= 11 is 0. The van der Waals surface area contributed by atoms with E-state index in [1.54, 1.807) is 12.1 Å². The SMILES string of the molecule is CC(C)OCCCNC(=O)c1cnn2c(C(F)(F)F)cc(-c3cccc4ccccc34)nc12. The fourth-order valence-electron chi connectivity index (χ4n) is 3.60. The van der Waals surface area contributed by atoms with Gasteiger partial charge in [-0.3, -0.25) is 4.79 Å². The Kier molecular flexibility index (Phi) is 6.33. The van der Waals surface area contributed by atoms with Crippen molar-refractivity contribution in [1.82, 2.24) is 19.9 Å². The highest BCUT2D eigenvalue weighted by molar-refractivity contribution is 6.00. The quantitative estimate of drug-likeness (QED) is 0.392. The Morgan fingerprint density at radius 3 is 2.67 bits per heavy atom. The van der Waals surface area contributed by atoms with Gasteiger partial charge < -0.3 is 10.1 Å². The minimum Gasteiger partial charge on any atom is -0.379 e. The second-order valence-corrected chi connectivity index (χ2v) is 7.87. The molecule has 0 saturated heterocycles. The van der Waals surface area contributed by atoms with Crippen molar-refractivity contribution in [2.75, 3.05) is 13.2 Å². The number of halogens is 3. The first-order valence-corrected chi connectivity index (χ1v) is 10.6. The predicted molar refractivity (Wildman–Crippen MR) is 119 cm³/mol. The Balaban J connectivity index is 1.75. The third-order valence-electron chi connectivity index (χ3n) is 5.13. The molecular weight excluding hydrogens is 433 g/mol. The second kappa shape index (κ2) is 9.19. The van der Waals surface area contributed by atoms with Crippen LogP contribution in [0.25, 0.3) is 27.7 Å². The summed E-state index contributed by atoms with van der Waals surface area (Å²) in [4.78, 5) is 17.1. The molecule has 0 atom stereocenters. The van der Waals surface area contributed by atoms with Crippen LogP contribution in [0.15, 0.2) is 54.7 Å². The van der Waals surface area contributed by atoms with Crippen LogP contribution in [-0.2, 0) is 10.9 Å². The fourth-order valence-corrected chi connectivity index (χ4v) is 3.60. The van der Waals surface area contributed by atoms with E-state index in [0.717, 1.165) is 23.0 Å². The third kappa shape index (κ3) is 4.83. The molecule has 0 spiro atoms. The van der Waals surface area contributed by atoms with E-state index < -0.39 is 17.8 Å². The van der Waals surface area contributed by atoms with Crippen molar-refractivity contribution in [2.24, 2.45) is 0 Å². The molecule has 33 heavy (non-hydrogen) atoms. The number of fused-ring (bicyclic) bond motifs is 2. The zero-order chi connectivity index (χ0) is 23.6. The van der Waals surface area contributed by atoms with E-state index in [1.807, 2.05) is 44.2 Å². The smallest absolute Gasteiger partial charge is 0.379 e. The molecule has 2 heterocycles. The number of nitrogens with zero attached hydrogens (tertiary/aromatic N) is 3. The largest absolute Gasteiger partial charge is 0.433 e. The highest BCUT2D eigenvalue weighted by Gasteiger charge is 2.36. The molecule has 172 valence electrons. The van der Waals surface area contributed by atoms with Crippen molar-refractivity contribution in [3.63, 3.8) is 0 Å². The molecule has 2 aromatic heterocycles. The average Bonchev–Trinajstić information content (AvgIpc) is 3.21. The summed E-state index contributed by atoms with van der Waals surface area (Å²) in [6.07, 6.45) is -2.91. The molecule has 0 aliphatic rings. The summed E-state index contributed by atoms with van der Waals surface area (Å²) < 4.78 is 47.8. The van der Waals surface area contributed by atoms with Crippen molar-refractivity contribution < 1.29 is 22.7 Å². The molecule has 2 aromatic carbocycles. The van der Waals surface area contributed by atoms with Gasteiger partial charge in [0.2, 0.25) is 0 Å². The standard InChI is InChI=1S/C24H23F3N4O2/c1-15(2)33-12-6-11-28-23(32)19-14-29-31-21(24(25,26)27)13-20(30-22(19)31)18-10-5-8-16-7-3-4-9-17(16)18/h3-5,7-10,13-15H,6,11-12H2,1-2H3,(H,28,32). The van der Waals surface area contributed by atoms with E-state index in [1.165, 1.54) is 0 Å². The van der Waals surface area contributed by atoms with Crippen molar-refractivity contribution in [3.05, 3.63) is 66.0 Å². The summed E-state index contributed by atoms with van der Waals surface area (Å²) in [5.41, 5.74) is -0.512. The van der Waals surface area contributed by atoms with Gasteiger partial charge in [0.1, 0.15) is 5.56 Å². The lowest BCUT2D eigenvalue weighted by atomic mass is 10.0. The van der Waals surface area contributed by atoms with Crippen molar-refractivity contribution in [1.29, 1.82) is 0 Å². The molecule has 4 aromatic rings. The van der Waals surface area contributed by atoms with Crippen molar-refractivity contribution in [3.8, 4) is 11.3 Å². The number of hydrogen-bond donors (Lipinski definition) is 1. The lowest BCUT2D eigenvalue weighted by molar-refractivity contribution is -0.142. The molecule has 9 heteroatoms. The highest BCUT2D eigenvalue weighted by Crippen LogP contribution is 2.34. The number of rotatable bonds is 7. The van der Waals surface area contributed by atoms with Crippen LogP contribution in [0, 0.1) is 0 Å². The van der Waals surface area contributed by atoms with Gasteiger partial charge in [-0.1, -0.05) is 42.5 Å². The molecule has 0 saturated carbocycles. The molecule has 0 radical (unpaired) electrons. The number of nitrogens with one attached hydrogen (secondary N) is 1. The van der Waals surface area contributed by atoms with Crippen LogP contribution < -0.4 is 5.32 Å². The molecule has 0 fully saturated rings. The lowest BCUT2D eigenvalue weighted by Gasteiger charge is -2.13. The van der Waals surface area contributed by atoms with E-state index in [4.69, 9.17) is 4.74 Å². The lowest BCUT2D eigenvalue weighted by Crippen LogP contribution is -2.25.